The summed E-state index contributed by atoms with van der Waals surface area (Å²) in [5.74, 6) is -1.75. The van der Waals surface area contributed by atoms with Gasteiger partial charge in [-0.1, -0.05) is 53.5 Å². The van der Waals surface area contributed by atoms with Crippen LogP contribution in [0, 0.1) is 6.92 Å². The SMILES string of the molecule is Cc1ccccc1C1/C(=C(\O)c2ccc(Cl)c(Cl)c2)C(=O)C(=O)N1Cc1ccccn1. The first-order valence-corrected chi connectivity index (χ1v) is 10.3. The minimum absolute atomic E-state index is 0.00798. The Balaban J connectivity index is 1.90. The number of Topliss-reactive ketones (excluding diaryl/α,β-unsaturated/α-hetero) is 1. The molecule has 1 atom stereocenters. The molecule has 5 nitrogen and oxygen atoms in total. The second-order valence-electron chi connectivity index (χ2n) is 7.23. The van der Waals surface area contributed by atoms with E-state index in [1.807, 2.05) is 37.3 Å². The largest absolute Gasteiger partial charge is 0.507 e. The molecule has 2 heterocycles. The monoisotopic (exact) mass is 452 g/mol. The van der Waals surface area contributed by atoms with Crippen LogP contribution in [-0.4, -0.2) is 26.7 Å². The van der Waals surface area contributed by atoms with Gasteiger partial charge in [-0.2, -0.15) is 0 Å². The normalized spacial score (nSPS) is 17.9. The van der Waals surface area contributed by atoms with Crippen molar-refractivity contribution in [3.8, 4) is 0 Å². The summed E-state index contributed by atoms with van der Waals surface area (Å²) in [7, 11) is 0. The molecule has 7 heteroatoms. The Morgan fingerprint density at radius 1 is 1.03 bits per heavy atom. The number of benzene rings is 2. The molecule has 31 heavy (non-hydrogen) atoms. The number of hydrogen-bond donors (Lipinski definition) is 1. The Bertz CT molecular complexity index is 1210. The highest BCUT2D eigenvalue weighted by atomic mass is 35.5. The van der Waals surface area contributed by atoms with Gasteiger partial charge < -0.3 is 10.0 Å². The molecule has 1 fully saturated rings. The van der Waals surface area contributed by atoms with Crippen LogP contribution in [0.1, 0.15) is 28.4 Å². The van der Waals surface area contributed by atoms with Crippen molar-refractivity contribution in [2.45, 2.75) is 19.5 Å². The lowest BCUT2D eigenvalue weighted by molar-refractivity contribution is -0.140. The van der Waals surface area contributed by atoms with Gasteiger partial charge >= 0.3 is 0 Å². The number of carbonyl (C=O) groups is 2. The third-order valence-electron chi connectivity index (χ3n) is 5.27. The molecule has 3 aromatic rings. The summed E-state index contributed by atoms with van der Waals surface area (Å²) in [6.45, 7) is 2.03. The molecule has 1 aliphatic heterocycles. The topological polar surface area (TPSA) is 70.5 Å². The van der Waals surface area contributed by atoms with Crippen LogP contribution in [-0.2, 0) is 16.1 Å². The van der Waals surface area contributed by atoms with Gasteiger partial charge in [0, 0.05) is 11.8 Å². The number of pyridine rings is 1. The first-order chi connectivity index (χ1) is 14.9. The van der Waals surface area contributed by atoms with Crippen molar-refractivity contribution in [3.63, 3.8) is 0 Å². The van der Waals surface area contributed by atoms with E-state index in [1.54, 1.807) is 24.4 Å². The predicted molar refractivity (Wildman–Crippen MR) is 120 cm³/mol. The van der Waals surface area contributed by atoms with E-state index >= 15 is 0 Å². The molecule has 0 radical (unpaired) electrons. The molecule has 1 aliphatic rings. The number of aliphatic hydroxyl groups is 1. The van der Waals surface area contributed by atoms with E-state index in [0.717, 1.165) is 11.1 Å². The minimum Gasteiger partial charge on any atom is -0.507 e. The second kappa shape index (κ2) is 8.53. The first-order valence-electron chi connectivity index (χ1n) is 9.57. The zero-order valence-electron chi connectivity index (χ0n) is 16.5. The highest BCUT2D eigenvalue weighted by molar-refractivity contribution is 6.46. The van der Waals surface area contributed by atoms with Gasteiger partial charge in [0.25, 0.3) is 11.7 Å². The Morgan fingerprint density at radius 3 is 2.45 bits per heavy atom. The van der Waals surface area contributed by atoms with Gasteiger partial charge in [-0.05, 0) is 48.4 Å². The number of amides is 1. The number of carbonyl (C=O) groups excluding carboxylic acids is 2. The molecule has 0 aliphatic carbocycles. The number of aryl methyl sites for hydroxylation is 1. The molecular formula is C24H18Cl2N2O3. The summed E-state index contributed by atoms with van der Waals surface area (Å²) in [6, 6.07) is 16.6. The maximum absolute atomic E-state index is 13.1. The lowest BCUT2D eigenvalue weighted by Gasteiger charge is -2.26. The molecule has 0 bridgehead atoms. The number of ketones is 1. The summed E-state index contributed by atoms with van der Waals surface area (Å²) >= 11 is 12.1. The molecule has 1 amide bonds. The zero-order chi connectivity index (χ0) is 22.1. The minimum atomic E-state index is -0.766. The third kappa shape index (κ3) is 3.94. The van der Waals surface area contributed by atoms with Crippen molar-refractivity contribution in [1.29, 1.82) is 0 Å². The lowest BCUT2D eigenvalue weighted by Crippen LogP contribution is -2.29. The van der Waals surface area contributed by atoms with Gasteiger partial charge in [-0.3, -0.25) is 14.6 Å². The first kappa shape index (κ1) is 21.1. The number of rotatable bonds is 4. The number of halogens is 2. The number of likely N-dealkylation sites (tertiary alicyclic amines) is 1. The maximum Gasteiger partial charge on any atom is 0.296 e. The van der Waals surface area contributed by atoms with Crippen LogP contribution in [0.25, 0.3) is 5.76 Å². The number of aromatic nitrogens is 1. The van der Waals surface area contributed by atoms with Crippen LogP contribution < -0.4 is 0 Å². The number of aliphatic hydroxyl groups excluding tert-OH is 1. The number of hydrogen-bond acceptors (Lipinski definition) is 4. The standard InChI is InChI=1S/C24H18Cl2N2O3/c1-14-6-2-3-8-17(14)21-20(22(29)15-9-10-18(25)19(26)12-15)23(30)24(31)28(21)13-16-7-4-5-11-27-16/h2-12,21,29H,13H2,1H3/b22-20+. The molecule has 2 aromatic carbocycles. The van der Waals surface area contributed by atoms with E-state index in [4.69, 9.17) is 23.2 Å². The Hall–Kier alpha value is -3.15. The van der Waals surface area contributed by atoms with Crippen LogP contribution >= 0.6 is 23.2 Å². The fourth-order valence-electron chi connectivity index (χ4n) is 3.73. The summed E-state index contributed by atoms with van der Waals surface area (Å²) < 4.78 is 0. The molecular weight excluding hydrogens is 435 g/mol. The van der Waals surface area contributed by atoms with Gasteiger partial charge in [0.05, 0.1) is 33.9 Å². The van der Waals surface area contributed by atoms with E-state index in [9.17, 15) is 14.7 Å². The fraction of sp³-hybridized carbons (Fsp3) is 0.125. The van der Waals surface area contributed by atoms with Gasteiger partial charge in [-0.15, -0.1) is 0 Å². The molecule has 1 saturated heterocycles. The fourth-order valence-corrected chi connectivity index (χ4v) is 4.02. The van der Waals surface area contributed by atoms with Gasteiger partial charge in [0.2, 0.25) is 0 Å². The summed E-state index contributed by atoms with van der Waals surface area (Å²) in [4.78, 5) is 31.8. The maximum atomic E-state index is 13.1. The van der Waals surface area contributed by atoms with Crippen molar-refractivity contribution in [2.24, 2.45) is 0 Å². The smallest absolute Gasteiger partial charge is 0.296 e. The van der Waals surface area contributed by atoms with Gasteiger partial charge in [0.15, 0.2) is 0 Å². The Labute approximate surface area is 189 Å². The highest BCUT2D eigenvalue weighted by Crippen LogP contribution is 2.41. The summed E-state index contributed by atoms with van der Waals surface area (Å²) in [5.41, 5.74) is 2.59. The quantitative estimate of drug-likeness (QED) is 0.330. The lowest BCUT2D eigenvalue weighted by atomic mass is 9.92. The summed E-state index contributed by atoms with van der Waals surface area (Å²) in [6.07, 6.45) is 1.63. The van der Waals surface area contributed by atoms with E-state index in [2.05, 4.69) is 4.98 Å². The van der Waals surface area contributed by atoms with Crippen molar-refractivity contribution in [1.82, 2.24) is 9.88 Å². The Morgan fingerprint density at radius 2 is 1.77 bits per heavy atom. The molecule has 1 aromatic heterocycles. The molecule has 0 spiro atoms. The van der Waals surface area contributed by atoms with Crippen molar-refractivity contribution >= 4 is 40.7 Å². The molecule has 156 valence electrons. The van der Waals surface area contributed by atoms with Gasteiger partial charge in [0.1, 0.15) is 5.76 Å². The predicted octanol–water partition coefficient (Wildman–Crippen LogP) is 5.32. The van der Waals surface area contributed by atoms with Crippen molar-refractivity contribution < 1.29 is 14.7 Å². The van der Waals surface area contributed by atoms with Crippen LogP contribution in [0.2, 0.25) is 10.0 Å². The summed E-state index contributed by atoms with van der Waals surface area (Å²) in [5, 5.41) is 11.7. The van der Waals surface area contributed by atoms with Crippen molar-refractivity contribution in [2.75, 3.05) is 0 Å². The highest BCUT2D eigenvalue weighted by Gasteiger charge is 2.46. The number of nitrogens with zero attached hydrogens (tertiary/aromatic N) is 2. The van der Waals surface area contributed by atoms with Gasteiger partial charge in [-0.25, -0.2) is 0 Å². The Kier molecular flexibility index (Phi) is 5.81. The molecule has 4 rings (SSSR count). The van der Waals surface area contributed by atoms with Crippen LogP contribution in [0.5, 0.6) is 0 Å². The van der Waals surface area contributed by atoms with E-state index in [0.29, 0.717) is 16.3 Å². The van der Waals surface area contributed by atoms with Crippen LogP contribution in [0.4, 0.5) is 0 Å². The average molecular weight is 453 g/mol. The van der Waals surface area contributed by atoms with Crippen LogP contribution in [0.3, 0.4) is 0 Å². The third-order valence-corrected chi connectivity index (χ3v) is 6.01. The van der Waals surface area contributed by atoms with Crippen molar-refractivity contribution in [3.05, 3.63) is 105 Å². The zero-order valence-corrected chi connectivity index (χ0v) is 18.1. The molecule has 0 saturated carbocycles. The molecule has 1 unspecified atom stereocenters. The second-order valence-corrected chi connectivity index (χ2v) is 8.05. The van der Waals surface area contributed by atoms with E-state index in [-0.39, 0.29) is 22.9 Å². The van der Waals surface area contributed by atoms with Crippen LogP contribution in [0.15, 0.2) is 72.4 Å². The van der Waals surface area contributed by atoms with E-state index < -0.39 is 17.7 Å². The average Bonchev–Trinajstić information content (AvgIpc) is 3.01. The van der Waals surface area contributed by atoms with E-state index in [1.165, 1.54) is 17.0 Å². The molecule has 1 N–H and O–H groups in total.